The Morgan fingerprint density at radius 2 is 0.720 bits per heavy atom. The summed E-state index contributed by atoms with van der Waals surface area (Å²) in [7, 11) is 0. The van der Waals surface area contributed by atoms with Crippen molar-refractivity contribution < 1.29 is 9.59 Å². The maximum absolute atomic E-state index is 14.0. The molecule has 6 aromatic heterocycles. The molecule has 0 aliphatic heterocycles. The molecule has 0 amide bonds. The minimum absolute atomic E-state index is 0.140. The molecule has 18 rings (SSSR count). The van der Waals surface area contributed by atoms with E-state index in [4.69, 9.17) is 17.5 Å². The van der Waals surface area contributed by atoms with Gasteiger partial charge in [-0.05, 0) is 109 Å². The van der Waals surface area contributed by atoms with E-state index in [0.29, 0.717) is 66.8 Å². The number of nitrogens with one attached hydrogen (secondary N) is 2. The number of hydrogen-bond acceptors (Lipinski definition) is 18. The lowest BCUT2D eigenvalue weighted by molar-refractivity contribution is 0.103. The summed E-state index contributed by atoms with van der Waals surface area (Å²) in [6.07, 6.45) is 3.17. The third kappa shape index (κ3) is 8.60. The summed E-state index contributed by atoms with van der Waals surface area (Å²) in [5.41, 5.74) is 21.1. The van der Waals surface area contributed by atoms with E-state index in [1.54, 1.807) is 83.6 Å². The lowest BCUT2D eigenvalue weighted by Crippen LogP contribution is -2.28. The fourth-order valence-corrected chi connectivity index (χ4v) is 22.3. The van der Waals surface area contributed by atoms with E-state index in [0.717, 1.165) is 88.8 Å². The number of rotatable bonds is 10. The van der Waals surface area contributed by atoms with E-state index in [-0.39, 0.29) is 33.9 Å². The topological polar surface area (TPSA) is 205 Å². The van der Waals surface area contributed by atoms with Crippen LogP contribution in [0.1, 0.15) is 98.6 Å². The van der Waals surface area contributed by atoms with Crippen LogP contribution in [0.15, 0.2) is 217 Å². The van der Waals surface area contributed by atoms with E-state index in [1.807, 2.05) is 59.1 Å². The Bertz CT molecular complexity index is 5790. The van der Waals surface area contributed by atoms with Crippen LogP contribution >= 0.6 is 68.8 Å². The van der Waals surface area contributed by atoms with Gasteiger partial charge in [0.15, 0.2) is 11.6 Å². The van der Waals surface area contributed by atoms with Gasteiger partial charge in [0, 0.05) is 77.8 Å². The van der Waals surface area contributed by atoms with Crippen molar-refractivity contribution in [3.05, 3.63) is 306 Å². The van der Waals surface area contributed by atoms with Gasteiger partial charge in [-0.3, -0.25) is 9.59 Å². The summed E-state index contributed by atoms with van der Waals surface area (Å²) in [6.45, 7) is 8.56. The molecule has 0 spiro atoms. The van der Waals surface area contributed by atoms with Crippen molar-refractivity contribution >= 4 is 134 Å². The third-order valence-corrected chi connectivity index (χ3v) is 26.1. The van der Waals surface area contributed by atoms with E-state index < -0.39 is 10.8 Å². The number of hydrogen-bond donors (Lipinski definition) is 2. The van der Waals surface area contributed by atoms with Crippen molar-refractivity contribution in [2.24, 2.45) is 0 Å². The highest BCUT2D eigenvalue weighted by Gasteiger charge is 2.55. The van der Waals surface area contributed by atoms with Gasteiger partial charge in [0.25, 0.3) is 0 Å². The Morgan fingerprint density at radius 1 is 0.390 bits per heavy atom. The number of ketones is 2. The van der Waals surface area contributed by atoms with Crippen molar-refractivity contribution in [2.45, 2.75) is 38.5 Å². The number of allylic oxidation sites excluding steroid dienone is 6. The number of nitriles is 4. The molecule has 0 saturated carbocycles. The van der Waals surface area contributed by atoms with Crippen LogP contribution in [0.25, 0.3) is 83.0 Å². The van der Waals surface area contributed by atoms with Crippen molar-refractivity contribution in [1.82, 2.24) is 17.5 Å². The molecule has 14 aromatic rings. The number of anilines is 2. The third-order valence-electron chi connectivity index (χ3n) is 19.9. The SMILES string of the molecule is Cc1ccc(C2(c3ccc(C)cc3)c3cc(-c4ccc(N/C=C5\C(=O)c6ccccc6C5=C(C#N)C#N)c5nsnc45)sc3-c3sc4c5c(sc4c32)-c2sc(-c3ccc(N/C=C4\C(=O)c6ccccc6C4=C(C#N)C#N)c4nsnc34)cc2C5(c2ccc(C)cc2)c2ccc(C)cc2)cc1. The van der Waals surface area contributed by atoms with Crippen LogP contribution in [0.4, 0.5) is 11.4 Å². The molecule has 100 heavy (non-hydrogen) atoms. The molecule has 12 nitrogen and oxygen atoms in total. The van der Waals surface area contributed by atoms with Gasteiger partial charge < -0.3 is 10.6 Å². The molecule has 472 valence electrons. The molecular weight excluding hydrogens is 1350 g/mol. The van der Waals surface area contributed by atoms with Crippen molar-refractivity contribution in [3.63, 3.8) is 0 Å². The molecular formula is C82H46N10O2S6. The largest absolute Gasteiger partial charge is 0.359 e. The monoisotopic (exact) mass is 1390 g/mol. The van der Waals surface area contributed by atoms with Crippen LogP contribution < -0.4 is 10.6 Å². The molecule has 8 aromatic carbocycles. The second-order valence-electron chi connectivity index (χ2n) is 25.3. The summed E-state index contributed by atoms with van der Waals surface area (Å²) < 4.78 is 22.2. The van der Waals surface area contributed by atoms with Crippen LogP contribution in [0.5, 0.6) is 0 Å². The van der Waals surface area contributed by atoms with Crippen LogP contribution in [-0.4, -0.2) is 29.1 Å². The Morgan fingerprint density at radius 3 is 1.06 bits per heavy atom. The summed E-state index contributed by atoms with van der Waals surface area (Å²) in [4.78, 5) is 34.8. The molecule has 0 atom stereocenters. The number of Topliss-reactive ketones (excluding diaryl/α,β-unsaturated/α-hetero) is 2. The van der Waals surface area contributed by atoms with Gasteiger partial charge in [0.2, 0.25) is 0 Å². The standard InChI is InChI=1S/C82H46N10O2S6/c1-41-13-21-47(22-14-41)81(48-23-15-42(2)16-24-48)59-33-63(55-29-31-61(71-69(55)89-99-91-71)87-39-57-65(45(35-83)36-84)51-9-5-7-11-53(51)73(57)93)95-75(59)77-67(81)79-80(97-77)68-78(98-79)76-60(82(68,49-25-17-43(3)18-26-49)50-27-19-44(4)20-28-50)34-64(96-76)56-30-32-62(72-70(56)90-100-92-72)88-40-58-66(46(37-85)38-86)52-10-6-8-12-54(52)74(58)94/h5-34,39-40,87-88H,1-4H3/b57-39-,58-40-. The maximum atomic E-state index is 14.0. The predicted octanol–water partition coefficient (Wildman–Crippen LogP) is 20.4. The number of thiophene rings is 4. The van der Waals surface area contributed by atoms with Crippen molar-refractivity contribution in [1.29, 1.82) is 21.0 Å². The van der Waals surface area contributed by atoms with Crippen LogP contribution in [-0.2, 0) is 10.8 Å². The predicted molar refractivity (Wildman–Crippen MR) is 403 cm³/mol. The molecule has 4 aliphatic rings. The lowest BCUT2D eigenvalue weighted by Gasteiger charge is -2.34. The summed E-state index contributed by atoms with van der Waals surface area (Å²) in [6, 6.07) is 71.4. The van der Waals surface area contributed by atoms with Gasteiger partial charge in [-0.25, -0.2) is 0 Å². The fraction of sp³-hybridized carbons (Fsp3) is 0.0732. The van der Waals surface area contributed by atoms with Gasteiger partial charge in [-0.2, -0.15) is 38.5 Å². The number of carbonyl (C=O) groups is 2. The van der Waals surface area contributed by atoms with Crippen LogP contribution in [0, 0.1) is 73.0 Å². The fourth-order valence-electron chi connectivity index (χ4n) is 15.3. The Kier molecular flexibility index (Phi) is 13.9. The number of benzene rings is 8. The number of aryl methyl sites for hydroxylation is 4. The molecule has 0 bridgehead atoms. The minimum Gasteiger partial charge on any atom is -0.359 e. The second kappa shape index (κ2) is 23.0. The van der Waals surface area contributed by atoms with Gasteiger partial charge in [-0.1, -0.05) is 168 Å². The van der Waals surface area contributed by atoms with E-state index in [1.165, 1.54) is 51.2 Å². The van der Waals surface area contributed by atoms with E-state index in [9.17, 15) is 30.6 Å². The van der Waals surface area contributed by atoms with Gasteiger partial charge in [-0.15, -0.1) is 45.3 Å². The summed E-state index contributed by atoms with van der Waals surface area (Å²) in [5.74, 6) is -0.558. The van der Waals surface area contributed by atoms with Crippen molar-refractivity contribution in [2.75, 3.05) is 10.6 Å². The first-order chi connectivity index (χ1) is 48.9. The molecule has 0 unspecified atom stereocenters. The summed E-state index contributed by atoms with van der Waals surface area (Å²) in [5, 5.41) is 47.0. The zero-order chi connectivity index (χ0) is 68.0. The van der Waals surface area contributed by atoms with Gasteiger partial charge in [0.1, 0.15) is 57.5 Å². The molecule has 2 N–H and O–H groups in total. The first-order valence-corrected chi connectivity index (χ1v) is 36.6. The zero-order valence-corrected chi connectivity index (χ0v) is 58.2. The average molecular weight is 1400 g/mol. The van der Waals surface area contributed by atoms with Crippen LogP contribution in [0.2, 0.25) is 0 Å². The highest BCUT2D eigenvalue weighted by Crippen LogP contribution is 2.71. The highest BCUT2D eigenvalue weighted by atomic mass is 32.1. The zero-order valence-electron chi connectivity index (χ0n) is 53.3. The Labute approximate surface area is 597 Å². The lowest BCUT2D eigenvalue weighted by atomic mass is 9.67. The molecule has 18 heteroatoms. The smallest absolute Gasteiger partial charge is 0.195 e. The first kappa shape index (κ1) is 60.7. The van der Waals surface area contributed by atoms with Crippen molar-refractivity contribution in [3.8, 4) is 64.7 Å². The van der Waals surface area contributed by atoms with Crippen LogP contribution in [0.3, 0.4) is 0 Å². The average Bonchev–Trinajstić information content (AvgIpc) is 1.48. The maximum Gasteiger partial charge on any atom is 0.195 e. The number of aromatic nitrogens is 4. The number of fused-ring (bicyclic) bond motifs is 13. The van der Waals surface area contributed by atoms with Gasteiger partial charge >= 0.3 is 0 Å². The van der Waals surface area contributed by atoms with E-state index >= 15 is 0 Å². The highest BCUT2D eigenvalue weighted by molar-refractivity contribution is 7.35. The van der Waals surface area contributed by atoms with E-state index in [2.05, 4.69) is 160 Å². The number of carbonyl (C=O) groups excluding carboxylic acids is 2. The molecule has 0 radical (unpaired) electrons. The molecule has 6 heterocycles. The second-order valence-corrected chi connectivity index (χ2v) is 30.5. The summed E-state index contributed by atoms with van der Waals surface area (Å²) >= 11 is 9.58. The normalized spacial score (nSPS) is 15.0. The molecule has 0 fully saturated rings. The number of nitrogens with zero attached hydrogens (tertiary/aromatic N) is 8. The van der Waals surface area contributed by atoms with Gasteiger partial charge in [0.05, 0.1) is 74.6 Å². The Balaban J connectivity index is 0.828. The quantitative estimate of drug-likeness (QED) is 0.0969. The minimum atomic E-state index is -0.789. The Hall–Kier alpha value is -11.7. The molecule has 4 aliphatic carbocycles. The molecule has 0 saturated heterocycles. The first-order valence-electron chi connectivity index (χ1n) is 31.9.